The van der Waals surface area contributed by atoms with Crippen LogP contribution in [0.2, 0.25) is 0 Å². The van der Waals surface area contributed by atoms with Crippen molar-refractivity contribution in [2.24, 2.45) is 0 Å². The number of rotatable bonds is 3. The Labute approximate surface area is 93.9 Å². The van der Waals surface area contributed by atoms with Gasteiger partial charge >= 0.3 is 5.97 Å². The molecule has 0 radical (unpaired) electrons. The number of aromatic nitrogens is 2. The third kappa shape index (κ3) is 1.78. The second-order valence-electron chi connectivity index (χ2n) is 3.63. The lowest BCUT2D eigenvalue weighted by Crippen LogP contribution is -2.01. The highest BCUT2D eigenvalue weighted by Gasteiger charge is 2.08. The monoisotopic (exact) mass is 218 g/mol. The van der Waals surface area contributed by atoms with Crippen LogP contribution in [-0.2, 0) is 11.3 Å². The summed E-state index contributed by atoms with van der Waals surface area (Å²) in [6, 6.07) is 5.40. The molecule has 1 aromatic heterocycles. The number of benzene rings is 1. The summed E-state index contributed by atoms with van der Waals surface area (Å²) in [6.45, 7) is 3.01. The first-order valence-electron chi connectivity index (χ1n) is 5.29. The molecule has 0 N–H and O–H groups in total. The number of imidazole rings is 1. The number of aryl methyl sites for hydroxylation is 1. The number of hydrogen-bond donors (Lipinski definition) is 0. The van der Waals surface area contributed by atoms with E-state index in [-0.39, 0.29) is 5.97 Å². The van der Waals surface area contributed by atoms with Gasteiger partial charge < -0.3 is 9.30 Å². The summed E-state index contributed by atoms with van der Waals surface area (Å²) in [6.07, 6.45) is 2.84. The Morgan fingerprint density at radius 1 is 1.50 bits per heavy atom. The van der Waals surface area contributed by atoms with Gasteiger partial charge in [0, 0.05) is 6.54 Å². The van der Waals surface area contributed by atoms with Gasteiger partial charge in [0.2, 0.25) is 0 Å². The standard InChI is InChI=1S/C12H14N2O2/c1-3-6-14-8-13-10-5-4-9(7-11(10)14)12(15)16-2/h4-5,7-8H,3,6H2,1-2H3. The first-order chi connectivity index (χ1) is 7.76. The van der Waals surface area contributed by atoms with Crippen molar-refractivity contribution in [3.05, 3.63) is 30.1 Å². The molecule has 0 saturated heterocycles. The second-order valence-corrected chi connectivity index (χ2v) is 3.63. The van der Waals surface area contributed by atoms with Crippen molar-refractivity contribution >= 4 is 17.0 Å². The molecule has 0 bridgehead atoms. The number of methoxy groups -OCH3 is 1. The quantitative estimate of drug-likeness (QED) is 0.742. The highest BCUT2D eigenvalue weighted by atomic mass is 16.5. The number of nitrogens with zero attached hydrogens (tertiary/aromatic N) is 2. The molecule has 0 saturated carbocycles. The lowest BCUT2D eigenvalue weighted by molar-refractivity contribution is 0.0601. The molecule has 84 valence electrons. The SMILES string of the molecule is CCCn1cnc2ccc(C(=O)OC)cc21. The Kier molecular flexibility index (Phi) is 2.90. The zero-order valence-corrected chi connectivity index (χ0v) is 9.43. The maximum Gasteiger partial charge on any atom is 0.337 e. The molecule has 0 aliphatic heterocycles. The number of esters is 1. The zero-order chi connectivity index (χ0) is 11.5. The molecule has 0 atom stereocenters. The van der Waals surface area contributed by atoms with Crippen molar-refractivity contribution in [1.82, 2.24) is 9.55 Å². The Morgan fingerprint density at radius 3 is 3.00 bits per heavy atom. The summed E-state index contributed by atoms with van der Waals surface area (Å²) in [5.74, 6) is -0.314. The minimum absolute atomic E-state index is 0.314. The van der Waals surface area contributed by atoms with E-state index in [0.29, 0.717) is 5.56 Å². The zero-order valence-electron chi connectivity index (χ0n) is 9.43. The summed E-state index contributed by atoms with van der Waals surface area (Å²) in [5, 5.41) is 0. The third-order valence-corrected chi connectivity index (χ3v) is 2.51. The maximum absolute atomic E-state index is 11.4. The molecule has 1 aromatic carbocycles. The topological polar surface area (TPSA) is 44.1 Å². The lowest BCUT2D eigenvalue weighted by atomic mass is 10.2. The maximum atomic E-state index is 11.4. The number of ether oxygens (including phenoxy) is 1. The van der Waals surface area contributed by atoms with E-state index in [1.54, 1.807) is 12.4 Å². The van der Waals surface area contributed by atoms with Gasteiger partial charge in [-0.25, -0.2) is 9.78 Å². The van der Waals surface area contributed by atoms with Gasteiger partial charge in [0.1, 0.15) is 0 Å². The van der Waals surface area contributed by atoms with Gasteiger partial charge in [-0.2, -0.15) is 0 Å². The van der Waals surface area contributed by atoms with E-state index in [0.717, 1.165) is 24.0 Å². The average molecular weight is 218 g/mol. The predicted octanol–water partition coefficient (Wildman–Crippen LogP) is 2.23. The fourth-order valence-corrected chi connectivity index (χ4v) is 1.72. The van der Waals surface area contributed by atoms with Gasteiger partial charge in [0.05, 0.1) is 30.0 Å². The molecule has 2 rings (SSSR count). The van der Waals surface area contributed by atoms with E-state index >= 15 is 0 Å². The van der Waals surface area contributed by atoms with Gasteiger partial charge in [-0.3, -0.25) is 0 Å². The van der Waals surface area contributed by atoms with Crippen LogP contribution in [-0.4, -0.2) is 22.6 Å². The molecule has 1 heterocycles. The van der Waals surface area contributed by atoms with Crippen LogP contribution in [0, 0.1) is 0 Å². The summed E-state index contributed by atoms with van der Waals surface area (Å²) in [7, 11) is 1.38. The molecule has 0 amide bonds. The van der Waals surface area contributed by atoms with E-state index in [9.17, 15) is 4.79 Å². The highest BCUT2D eigenvalue weighted by Crippen LogP contribution is 2.16. The van der Waals surface area contributed by atoms with Crippen LogP contribution in [0.5, 0.6) is 0 Å². The van der Waals surface area contributed by atoms with Crippen LogP contribution >= 0.6 is 0 Å². The Morgan fingerprint density at radius 2 is 2.31 bits per heavy atom. The third-order valence-electron chi connectivity index (χ3n) is 2.51. The Hall–Kier alpha value is -1.84. The van der Waals surface area contributed by atoms with Gasteiger partial charge in [0.15, 0.2) is 0 Å². The van der Waals surface area contributed by atoms with Crippen LogP contribution in [0.15, 0.2) is 24.5 Å². The van der Waals surface area contributed by atoms with E-state index < -0.39 is 0 Å². The van der Waals surface area contributed by atoms with Gasteiger partial charge in [0.25, 0.3) is 0 Å². The summed E-state index contributed by atoms with van der Waals surface area (Å²) in [4.78, 5) is 15.7. The van der Waals surface area contributed by atoms with Crippen LogP contribution in [0.1, 0.15) is 23.7 Å². The number of hydrogen-bond acceptors (Lipinski definition) is 3. The molecule has 0 aliphatic carbocycles. The van der Waals surface area contributed by atoms with Crippen LogP contribution in [0.3, 0.4) is 0 Å². The van der Waals surface area contributed by atoms with Crippen molar-refractivity contribution in [2.75, 3.05) is 7.11 Å². The largest absolute Gasteiger partial charge is 0.465 e. The summed E-state index contributed by atoms with van der Waals surface area (Å²) < 4.78 is 6.74. The van der Waals surface area contributed by atoms with Crippen molar-refractivity contribution in [2.45, 2.75) is 19.9 Å². The van der Waals surface area contributed by atoms with Crippen LogP contribution < -0.4 is 0 Å². The Bertz CT molecular complexity index is 517. The lowest BCUT2D eigenvalue weighted by Gasteiger charge is -2.03. The molecule has 0 spiro atoms. The highest BCUT2D eigenvalue weighted by molar-refractivity contribution is 5.93. The van der Waals surface area contributed by atoms with Crippen LogP contribution in [0.4, 0.5) is 0 Å². The summed E-state index contributed by atoms with van der Waals surface area (Å²) in [5.41, 5.74) is 2.44. The smallest absolute Gasteiger partial charge is 0.337 e. The number of carbonyl (C=O) groups is 1. The van der Waals surface area contributed by atoms with Crippen molar-refractivity contribution < 1.29 is 9.53 Å². The van der Waals surface area contributed by atoms with Crippen molar-refractivity contribution in [3.63, 3.8) is 0 Å². The molecule has 2 aromatic rings. The molecule has 0 fully saturated rings. The van der Waals surface area contributed by atoms with Crippen molar-refractivity contribution in [3.8, 4) is 0 Å². The molecular weight excluding hydrogens is 204 g/mol. The molecule has 4 heteroatoms. The Balaban J connectivity index is 2.49. The van der Waals surface area contributed by atoms with E-state index in [1.165, 1.54) is 7.11 Å². The van der Waals surface area contributed by atoms with Gasteiger partial charge in [-0.05, 0) is 24.6 Å². The first-order valence-corrected chi connectivity index (χ1v) is 5.29. The van der Waals surface area contributed by atoms with E-state index in [4.69, 9.17) is 4.74 Å². The number of fused-ring (bicyclic) bond motifs is 1. The fourth-order valence-electron chi connectivity index (χ4n) is 1.72. The van der Waals surface area contributed by atoms with E-state index in [1.807, 2.05) is 16.7 Å². The average Bonchev–Trinajstić information content (AvgIpc) is 2.71. The molecule has 16 heavy (non-hydrogen) atoms. The molecular formula is C12H14N2O2. The fraction of sp³-hybridized carbons (Fsp3) is 0.333. The second kappa shape index (κ2) is 4.35. The van der Waals surface area contributed by atoms with Gasteiger partial charge in [-0.15, -0.1) is 0 Å². The minimum Gasteiger partial charge on any atom is -0.465 e. The first kappa shape index (κ1) is 10.7. The predicted molar refractivity (Wildman–Crippen MR) is 61.4 cm³/mol. The van der Waals surface area contributed by atoms with Crippen molar-refractivity contribution in [1.29, 1.82) is 0 Å². The summed E-state index contributed by atoms with van der Waals surface area (Å²) >= 11 is 0. The van der Waals surface area contributed by atoms with Crippen LogP contribution in [0.25, 0.3) is 11.0 Å². The molecule has 4 nitrogen and oxygen atoms in total. The normalized spacial score (nSPS) is 10.6. The number of carbonyl (C=O) groups excluding carboxylic acids is 1. The molecule has 0 aliphatic rings. The molecule has 0 unspecified atom stereocenters. The van der Waals surface area contributed by atoms with Gasteiger partial charge in [-0.1, -0.05) is 6.92 Å². The minimum atomic E-state index is -0.314. The van der Waals surface area contributed by atoms with E-state index in [2.05, 4.69) is 11.9 Å².